The lowest BCUT2D eigenvalue weighted by Gasteiger charge is -2.20. The largest absolute Gasteiger partial charge is 0.480 e. The molecule has 192 valence electrons. The van der Waals surface area contributed by atoms with Crippen molar-refractivity contribution in [3.05, 3.63) is 63.8 Å². The normalized spacial score (nSPS) is 14.4. The lowest BCUT2D eigenvalue weighted by atomic mass is 10.1. The second-order valence-electron chi connectivity index (χ2n) is 7.93. The molecular formula is C22H18F6N4O4. The predicted molar refractivity (Wildman–Crippen MR) is 113 cm³/mol. The highest BCUT2D eigenvalue weighted by Crippen LogP contribution is 2.37. The van der Waals surface area contributed by atoms with Gasteiger partial charge in [0, 0.05) is 12.1 Å². The molecule has 1 saturated carbocycles. The molecule has 2 aromatic carbocycles. The van der Waals surface area contributed by atoms with Crippen LogP contribution in [0.15, 0.2) is 35.1 Å². The number of anilines is 1. The van der Waals surface area contributed by atoms with Gasteiger partial charge in [0.15, 0.2) is 6.10 Å². The van der Waals surface area contributed by atoms with Crippen molar-refractivity contribution in [2.24, 2.45) is 0 Å². The number of hydrogen-bond donors (Lipinski definition) is 1. The van der Waals surface area contributed by atoms with Gasteiger partial charge in [0.1, 0.15) is 34.6 Å². The second kappa shape index (κ2) is 9.24. The Morgan fingerprint density at radius 3 is 2.33 bits per heavy atom. The highest BCUT2D eigenvalue weighted by atomic mass is 19.4. The number of rotatable bonds is 7. The van der Waals surface area contributed by atoms with Gasteiger partial charge in [-0.3, -0.25) is 4.79 Å². The van der Waals surface area contributed by atoms with E-state index in [9.17, 15) is 31.5 Å². The Kier molecular flexibility index (Phi) is 6.45. The SMILES string of the molecule is COc1nn(-c2cc(OC(C)C(F)(F)F)c(C(=O)Nc3c(F)cccc3F)cc2F)c(=O)n1C1CC1. The zero-order chi connectivity index (χ0) is 26.4. The first-order valence-corrected chi connectivity index (χ1v) is 10.5. The molecule has 8 nitrogen and oxygen atoms in total. The molecular weight excluding hydrogens is 498 g/mol. The molecule has 1 amide bonds. The van der Waals surface area contributed by atoms with Crippen LogP contribution in [0.1, 0.15) is 36.2 Å². The number of nitrogens with one attached hydrogen (secondary N) is 1. The van der Waals surface area contributed by atoms with Crippen LogP contribution in [0.25, 0.3) is 5.69 Å². The van der Waals surface area contributed by atoms with Crippen LogP contribution in [0.4, 0.5) is 32.0 Å². The van der Waals surface area contributed by atoms with Gasteiger partial charge in [-0.2, -0.15) is 17.9 Å². The Labute approximate surface area is 199 Å². The maximum atomic E-state index is 15.1. The van der Waals surface area contributed by atoms with E-state index in [-0.39, 0.29) is 12.1 Å². The van der Waals surface area contributed by atoms with E-state index in [1.54, 1.807) is 0 Å². The third kappa shape index (κ3) is 4.75. The van der Waals surface area contributed by atoms with Gasteiger partial charge in [0.25, 0.3) is 5.91 Å². The fourth-order valence-electron chi connectivity index (χ4n) is 3.34. The van der Waals surface area contributed by atoms with Crippen molar-refractivity contribution < 1.29 is 40.6 Å². The van der Waals surface area contributed by atoms with Crippen molar-refractivity contribution >= 4 is 11.6 Å². The van der Waals surface area contributed by atoms with E-state index in [1.165, 1.54) is 11.7 Å². The van der Waals surface area contributed by atoms with Crippen LogP contribution in [0.3, 0.4) is 0 Å². The average molecular weight is 516 g/mol. The van der Waals surface area contributed by atoms with E-state index in [0.29, 0.717) is 36.6 Å². The molecule has 1 heterocycles. The summed E-state index contributed by atoms with van der Waals surface area (Å²) in [5, 5.41) is 5.75. The van der Waals surface area contributed by atoms with Crippen LogP contribution >= 0.6 is 0 Å². The molecule has 3 aromatic rings. The summed E-state index contributed by atoms with van der Waals surface area (Å²) >= 11 is 0. The van der Waals surface area contributed by atoms with Gasteiger partial charge in [-0.25, -0.2) is 22.5 Å². The van der Waals surface area contributed by atoms with Gasteiger partial charge >= 0.3 is 17.9 Å². The predicted octanol–water partition coefficient (Wildman–Crippen LogP) is 4.38. The van der Waals surface area contributed by atoms with Crippen LogP contribution in [0.5, 0.6) is 11.8 Å². The van der Waals surface area contributed by atoms with Gasteiger partial charge in [0.05, 0.1) is 12.7 Å². The quantitative estimate of drug-likeness (QED) is 0.472. The number of alkyl halides is 3. The fourth-order valence-corrected chi connectivity index (χ4v) is 3.34. The summed E-state index contributed by atoms with van der Waals surface area (Å²) in [6.07, 6.45) is -6.06. The Morgan fingerprint density at radius 1 is 1.14 bits per heavy atom. The van der Waals surface area contributed by atoms with Crippen LogP contribution < -0.4 is 20.5 Å². The van der Waals surface area contributed by atoms with Gasteiger partial charge in [0.2, 0.25) is 0 Å². The summed E-state index contributed by atoms with van der Waals surface area (Å²) in [6, 6.07) is 3.48. The minimum atomic E-state index is -4.88. The standard InChI is InChI=1S/C22H18F6N4O4/c1-10(22(26,27)28)36-17-9-16(32-21(34)31(11-6-7-11)20(30-32)35-2)15(25)8-12(17)19(33)29-18-13(23)4-3-5-14(18)24/h3-5,8-11H,6-7H2,1-2H3,(H,29,33). The Balaban J connectivity index is 1.82. The smallest absolute Gasteiger partial charge is 0.425 e. The van der Waals surface area contributed by atoms with E-state index >= 15 is 4.39 Å². The molecule has 14 heteroatoms. The van der Waals surface area contributed by atoms with Crippen molar-refractivity contribution in [2.75, 3.05) is 12.4 Å². The van der Waals surface area contributed by atoms with Crippen LogP contribution in [-0.4, -0.2) is 39.6 Å². The Morgan fingerprint density at radius 2 is 1.78 bits per heavy atom. The van der Waals surface area contributed by atoms with Crippen molar-refractivity contribution in [1.82, 2.24) is 14.3 Å². The number of ether oxygens (including phenoxy) is 2. The van der Waals surface area contributed by atoms with E-state index in [0.717, 1.165) is 18.2 Å². The molecule has 0 spiro atoms. The summed E-state index contributed by atoms with van der Waals surface area (Å²) in [6.45, 7) is 0.637. The molecule has 4 rings (SSSR count). The summed E-state index contributed by atoms with van der Waals surface area (Å²) in [5.74, 6) is -5.75. The molecule has 1 fully saturated rings. The van der Waals surface area contributed by atoms with Crippen LogP contribution in [-0.2, 0) is 0 Å². The number of carbonyl (C=O) groups is 1. The number of methoxy groups -OCH3 is 1. The van der Waals surface area contributed by atoms with Crippen LogP contribution in [0, 0.1) is 17.5 Å². The molecule has 0 radical (unpaired) electrons. The minimum Gasteiger partial charge on any atom is -0.480 e. The lowest BCUT2D eigenvalue weighted by molar-refractivity contribution is -0.189. The number of amides is 1. The number of hydrogen-bond acceptors (Lipinski definition) is 5. The number of nitrogens with zero attached hydrogens (tertiary/aromatic N) is 3. The monoisotopic (exact) mass is 516 g/mol. The first-order chi connectivity index (χ1) is 16.9. The van der Waals surface area contributed by atoms with Crippen molar-refractivity contribution in [1.29, 1.82) is 0 Å². The van der Waals surface area contributed by atoms with Gasteiger partial charge in [-0.1, -0.05) is 6.07 Å². The average Bonchev–Trinajstić information content (AvgIpc) is 3.59. The molecule has 0 saturated heterocycles. The molecule has 1 aliphatic carbocycles. The Bertz CT molecular complexity index is 1360. The van der Waals surface area contributed by atoms with E-state index < -0.39 is 64.0 Å². The lowest BCUT2D eigenvalue weighted by Crippen LogP contribution is -2.32. The van der Waals surface area contributed by atoms with Crippen molar-refractivity contribution in [3.63, 3.8) is 0 Å². The second-order valence-corrected chi connectivity index (χ2v) is 7.93. The first kappa shape index (κ1) is 25.1. The van der Waals surface area contributed by atoms with Crippen LogP contribution in [0.2, 0.25) is 0 Å². The molecule has 0 bridgehead atoms. The molecule has 1 aromatic heterocycles. The van der Waals surface area contributed by atoms with E-state index in [1.807, 2.05) is 5.32 Å². The Hall–Kier alpha value is -3.97. The molecule has 1 N–H and O–H groups in total. The fraction of sp³-hybridized carbons (Fsp3) is 0.318. The molecule has 1 unspecified atom stereocenters. The van der Waals surface area contributed by atoms with Crippen molar-refractivity contribution in [2.45, 2.75) is 38.1 Å². The number of para-hydroxylation sites is 1. The zero-order valence-electron chi connectivity index (χ0n) is 18.7. The number of carbonyl (C=O) groups excluding carboxylic acids is 1. The number of aromatic nitrogens is 3. The molecule has 1 aliphatic rings. The summed E-state index contributed by atoms with van der Waals surface area (Å²) < 4.78 is 94.4. The number of benzene rings is 2. The summed E-state index contributed by atoms with van der Waals surface area (Å²) in [4.78, 5) is 25.6. The highest BCUT2D eigenvalue weighted by Gasteiger charge is 2.39. The summed E-state index contributed by atoms with van der Waals surface area (Å²) in [5.41, 5.74) is -3.16. The minimum absolute atomic E-state index is 0.148. The third-order valence-corrected chi connectivity index (χ3v) is 5.36. The molecule has 0 aliphatic heterocycles. The van der Waals surface area contributed by atoms with E-state index in [2.05, 4.69) is 5.10 Å². The van der Waals surface area contributed by atoms with Gasteiger partial charge in [-0.15, -0.1) is 5.10 Å². The van der Waals surface area contributed by atoms with Crippen molar-refractivity contribution in [3.8, 4) is 17.4 Å². The third-order valence-electron chi connectivity index (χ3n) is 5.36. The first-order valence-electron chi connectivity index (χ1n) is 10.5. The maximum absolute atomic E-state index is 15.1. The number of halogens is 6. The molecule has 36 heavy (non-hydrogen) atoms. The van der Waals surface area contributed by atoms with Gasteiger partial charge in [-0.05, 0) is 38.0 Å². The van der Waals surface area contributed by atoms with E-state index in [4.69, 9.17) is 9.47 Å². The highest BCUT2D eigenvalue weighted by molar-refractivity contribution is 6.06. The molecule has 1 atom stereocenters. The maximum Gasteiger partial charge on any atom is 0.425 e. The summed E-state index contributed by atoms with van der Waals surface area (Å²) in [7, 11) is 1.23. The zero-order valence-corrected chi connectivity index (χ0v) is 18.7. The topological polar surface area (TPSA) is 87.4 Å². The van der Waals surface area contributed by atoms with Gasteiger partial charge < -0.3 is 14.8 Å².